The number of hydrogen-bond acceptors (Lipinski definition) is 14. The van der Waals surface area contributed by atoms with Gasteiger partial charge in [0.15, 0.2) is 6.10 Å². The Morgan fingerprint density at radius 3 is 0.738 bits per heavy atom. The largest absolute Gasteiger partial charge is 0.472 e. The third kappa shape index (κ3) is 81.0. The summed E-state index contributed by atoms with van der Waals surface area (Å²) in [5, 5.41) is 20.7. The van der Waals surface area contributed by atoms with Gasteiger partial charge in [-0.2, -0.15) is 0 Å². The van der Waals surface area contributed by atoms with E-state index in [1.165, 1.54) is 25.7 Å². The van der Waals surface area contributed by atoms with E-state index in [4.69, 9.17) is 32.3 Å². The fourth-order valence-corrected chi connectivity index (χ4v) is 11.5. The number of phosphoric acid groups is 2. The summed E-state index contributed by atoms with van der Waals surface area (Å²) in [6, 6.07) is 0. The molecule has 0 amide bonds. The Kier molecular flexibility index (Phi) is 75.3. The van der Waals surface area contributed by atoms with E-state index in [0.717, 1.165) is 193 Å². The zero-order valence-electron chi connectivity index (χ0n) is 66.0. The molecule has 0 saturated heterocycles. The molecule has 0 spiro atoms. The Bertz CT molecular complexity index is 2770. The number of rotatable bonds is 74. The van der Waals surface area contributed by atoms with Gasteiger partial charge in [0.2, 0.25) is 0 Å². The molecule has 5 atom stereocenters. The molecular formula is C89H142O16P2. The molecule has 5 unspecified atom stereocenters. The maximum Gasteiger partial charge on any atom is 0.472 e. The summed E-state index contributed by atoms with van der Waals surface area (Å²) in [4.78, 5) is 58.8. The molecule has 0 rings (SSSR count). The highest BCUT2D eigenvalue weighted by Gasteiger charge is 2.29. The molecule has 107 heavy (non-hydrogen) atoms. The number of esters is 3. The van der Waals surface area contributed by atoms with E-state index in [1.54, 1.807) is 0 Å². The highest BCUT2D eigenvalue weighted by Crippen LogP contribution is 2.45. The van der Waals surface area contributed by atoms with Gasteiger partial charge in [0.1, 0.15) is 25.4 Å². The Labute approximate surface area is 648 Å². The molecular weight excluding hydrogens is 1390 g/mol. The lowest BCUT2D eigenvalue weighted by Crippen LogP contribution is -2.30. The average molecular weight is 1530 g/mol. The van der Waals surface area contributed by atoms with E-state index in [0.29, 0.717) is 19.3 Å². The van der Waals surface area contributed by atoms with Crippen LogP contribution in [0.5, 0.6) is 0 Å². The molecule has 0 fully saturated rings. The van der Waals surface area contributed by atoms with E-state index in [9.17, 15) is 43.5 Å². The normalized spacial score (nSPS) is 15.0. The summed E-state index contributed by atoms with van der Waals surface area (Å²) in [7, 11) is -9.83. The molecule has 0 saturated carbocycles. The Morgan fingerprint density at radius 2 is 0.467 bits per heavy atom. The van der Waals surface area contributed by atoms with Crippen molar-refractivity contribution in [2.45, 2.75) is 296 Å². The zero-order valence-corrected chi connectivity index (χ0v) is 67.8. The first-order valence-corrected chi connectivity index (χ1v) is 43.4. The third-order valence-corrected chi connectivity index (χ3v) is 17.9. The maximum atomic E-state index is 13.0. The Morgan fingerprint density at radius 1 is 0.262 bits per heavy atom. The molecule has 0 aliphatic heterocycles. The molecule has 0 heterocycles. The monoisotopic (exact) mass is 1530 g/mol. The summed E-state index contributed by atoms with van der Waals surface area (Å²) >= 11 is 0. The van der Waals surface area contributed by atoms with Gasteiger partial charge < -0.3 is 34.2 Å². The summed E-state index contributed by atoms with van der Waals surface area (Å²) in [5.41, 5.74) is 0. The second kappa shape index (κ2) is 79.7. The number of phosphoric ester groups is 2. The minimum absolute atomic E-state index is 0.0588. The van der Waals surface area contributed by atoms with Crippen LogP contribution in [0.1, 0.15) is 278 Å². The van der Waals surface area contributed by atoms with E-state index < -0.39 is 91.5 Å². The topological polar surface area (TPSA) is 231 Å². The van der Waals surface area contributed by atoms with Gasteiger partial charge in [-0.1, -0.05) is 298 Å². The molecule has 0 aliphatic rings. The standard InChI is InChI=1S/C89H142O16P2/c1-4-7-10-13-16-19-22-25-28-31-34-37-40-41-44-46-48-51-54-57-60-63-66-69-72-75-87(92)99-78-84(90)79-101-106(95,96)102-80-85(91)81-103-107(97,98)104-83-86(105-89(94)77-74-71-68-65-62-59-56-53-50-47-43-39-36-33-30-27-24-21-18-15-12-9-6-3)82-100-88(93)76-73-70-67-64-61-58-55-52-49-45-42-38-35-32-29-26-23-20-17-14-11-8-5-2/h7-12,16-21,25-30,34-39,41,44-45,47,49-50,55-56,58-59,84-86,90-91H,4-6,13-15,22-24,31-33,40,42-43,46,48,51-54,57,60-83H2,1-3H3,(H,95,96)(H,97,98)/b10-7-,11-8-,12-9-,19-16-,20-17-,21-18-,28-25-,29-26-,30-27-,37-34-,38-35-,39-36-,44-41-,49-45-,50-47-,58-55-,59-56-. The summed E-state index contributed by atoms with van der Waals surface area (Å²) < 4.78 is 61.2. The van der Waals surface area contributed by atoms with Gasteiger partial charge in [0.05, 0.1) is 26.4 Å². The Balaban J connectivity index is 4.78. The van der Waals surface area contributed by atoms with Crippen molar-refractivity contribution in [1.29, 1.82) is 0 Å². The van der Waals surface area contributed by atoms with Crippen molar-refractivity contribution in [2.24, 2.45) is 0 Å². The fourth-order valence-electron chi connectivity index (χ4n) is 9.96. The van der Waals surface area contributed by atoms with Crippen LogP contribution >= 0.6 is 15.6 Å². The van der Waals surface area contributed by atoms with E-state index in [2.05, 4.69) is 227 Å². The number of carbonyl (C=O) groups is 3. The molecule has 0 bridgehead atoms. The maximum absolute atomic E-state index is 13.0. The zero-order chi connectivity index (χ0) is 78.0. The minimum atomic E-state index is -4.96. The average Bonchev–Trinajstić information content (AvgIpc) is 1.16. The van der Waals surface area contributed by atoms with Gasteiger partial charge in [-0.15, -0.1) is 0 Å². The predicted molar refractivity (Wildman–Crippen MR) is 444 cm³/mol. The van der Waals surface area contributed by atoms with Crippen molar-refractivity contribution in [2.75, 3.05) is 39.6 Å². The van der Waals surface area contributed by atoms with Gasteiger partial charge in [-0.05, 0) is 167 Å². The van der Waals surface area contributed by atoms with Gasteiger partial charge in [-0.3, -0.25) is 32.5 Å². The molecule has 16 nitrogen and oxygen atoms in total. The fraction of sp³-hybridized carbons (Fsp3) is 0.584. The smallest absolute Gasteiger partial charge is 0.463 e. The van der Waals surface area contributed by atoms with Crippen LogP contribution in [0.4, 0.5) is 0 Å². The predicted octanol–water partition coefficient (Wildman–Crippen LogP) is 24.1. The highest BCUT2D eigenvalue weighted by molar-refractivity contribution is 7.47. The molecule has 604 valence electrons. The van der Waals surface area contributed by atoms with Crippen LogP contribution in [0.25, 0.3) is 0 Å². The molecule has 4 N–H and O–H groups in total. The lowest BCUT2D eigenvalue weighted by molar-refractivity contribution is -0.161. The number of hydrogen-bond donors (Lipinski definition) is 4. The number of aliphatic hydroxyl groups excluding tert-OH is 2. The van der Waals surface area contributed by atoms with Crippen LogP contribution in [0.3, 0.4) is 0 Å². The third-order valence-electron chi connectivity index (χ3n) is 16.0. The highest BCUT2D eigenvalue weighted by atomic mass is 31.2. The molecule has 18 heteroatoms. The first-order chi connectivity index (χ1) is 52.2. The van der Waals surface area contributed by atoms with Crippen molar-refractivity contribution < 1.29 is 75.8 Å². The number of carbonyl (C=O) groups excluding carboxylic acids is 3. The van der Waals surface area contributed by atoms with Crippen molar-refractivity contribution in [3.63, 3.8) is 0 Å². The lowest BCUT2D eigenvalue weighted by atomic mass is 10.1. The minimum Gasteiger partial charge on any atom is -0.463 e. The molecule has 0 aromatic carbocycles. The molecule has 0 aliphatic carbocycles. The van der Waals surface area contributed by atoms with Crippen LogP contribution in [0, 0.1) is 0 Å². The second-order valence-electron chi connectivity index (χ2n) is 26.1. The van der Waals surface area contributed by atoms with Crippen molar-refractivity contribution in [3.05, 3.63) is 207 Å². The molecule has 0 aromatic rings. The van der Waals surface area contributed by atoms with E-state index >= 15 is 0 Å². The summed E-state index contributed by atoms with van der Waals surface area (Å²) in [5.74, 6) is -1.65. The van der Waals surface area contributed by atoms with Crippen LogP contribution < -0.4 is 0 Å². The van der Waals surface area contributed by atoms with Crippen LogP contribution in [-0.4, -0.2) is 95.9 Å². The first kappa shape index (κ1) is 101. The summed E-state index contributed by atoms with van der Waals surface area (Å²) in [6.07, 6.45) is 106. The van der Waals surface area contributed by atoms with E-state index in [1.807, 2.05) is 0 Å². The van der Waals surface area contributed by atoms with Gasteiger partial charge >= 0.3 is 33.6 Å². The number of allylic oxidation sites excluding steroid dienone is 34. The van der Waals surface area contributed by atoms with Gasteiger partial charge in [-0.25, -0.2) is 9.13 Å². The SMILES string of the molecule is CC/C=C\C/C=C\C/C=C\C/C=C\C/C=C\C/C=C\CCCCCCC(=O)OCC(COP(=O)(O)OCC(O)COP(=O)(O)OCC(O)COC(=O)CCCCCCCCCCC/C=C\C/C=C\C/C=C\C/C=C\C/C=C\CC)OC(=O)CCCCCC/C=C\C/C=C\C/C=C\C/C=C\C/C=C\C/C=C\CC. The Hall–Kier alpha value is -5.87. The van der Waals surface area contributed by atoms with Crippen molar-refractivity contribution >= 4 is 33.6 Å². The van der Waals surface area contributed by atoms with Crippen molar-refractivity contribution in [1.82, 2.24) is 0 Å². The second-order valence-corrected chi connectivity index (χ2v) is 29.0. The van der Waals surface area contributed by atoms with Crippen LogP contribution in [0.2, 0.25) is 0 Å². The first-order valence-electron chi connectivity index (χ1n) is 40.4. The summed E-state index contributed by atoms with van der Waals surface area (Å²) in [6.45, 7) is 2.25. The molecule has 0 aromatic heterocycles. The molecule has 0 radical (unpaired) electrons. The quantitative estimate of drug-likeness (QED) is 0.0146. The van der Waals surface area contributed by atoms with Crippen LogP contribution in [-0.2, 0) is 55.8 Å². The van der Waals surface area contributed by atoms with Gasteiger partial charge in [0, 0.05) is 19.3 Å². The number of aliphatic hydroxyl groups is 2. The van der Waals surface area contributed by atoms with Crippen molar-refractivity contribution in [3.8, 4) is 0 Å². The van der Waals surface area contributed by atoms with Crippen LogP contribution in [0.15, 0.2) is 207 Å². The van der Waals surface area contributed by atoms with Gasteiger partial charge in [0.25, 0.3) is 0 Å². The van der Waals surface area contributed by atoms with E-state index in [-0.39, 0.29) is 19.3 Å². The number of ether oxygens (including phenoxy) is 3. The number of unbranched alkanes of at least 4 members (excludes halogenated alkanes) is 17. The lowest BCUT2D eigenvalue weighted by Gasteiger charge is -2.21.